The van der Waals surface area contributed by atoms with Crippen LogP contribution in [0.3, 0.4) is 0 Å². The van der Waals surface area contributed by atoms with Gasteiger partial charge in [0.25, 0.3) is 5.91 Å². The third kappa shape index (κ3) is 9.03. The Balaban J connectivity index is 2.04. The SMILES string of the molecule is COC(O)[C@H](CNC(=O)CNC(=O)OC(C)(C)C)NC(=O)c1c(Cl)cc(-c2ccccc2)cc1Cl. The quantitative estimate of drug-likeness (QED) is 0.372. The number of hydrogen-bond donors (Lipinski definition) is 4. The van der Waals surface area contributed by atoms with Crippen LogP contribution in [-0.4, -0.2) is 61.1 Å². The van der Waals surface area contributed by atoms with E-state index >= 15 is 0 Å². The highest BCUT2D eigenvalue weighted by atomic mass is 35.5. The van der Waals surface area contributed by atoms with Gasteiger partial charge in [-0.3, -0.25) is 9.59 Å². The second kappa shape index (κ2) is 12.7. The van der Waals surface area contributed by atoms with E-state index in [2.05, 4.69) is 16.0 Å². The maximum absolute atomic E-state index is 12.9. The van der Waals surface area contributed by atoms with Crippen LogP contribution >= 0.6 is 23.2 Å². The summed E-state index contributed by atoms with van der Waals surface area (Å²) in [4.78, 5) is 36.7. The molecule has 0 heterocycles. The van der Waals surface area contributed by atoms with Crippen LogP contribution in [-0.2, 0) is 14.3 Å². The lowest BCUT2D eigenvalue weighted by atomic mass is 10.0. The van der Waals surface area contributed by atoms with Gasteiger partial charge in [-0.1, -0.05) is 53.5 Å². The van der Waals surface area contributed by atoms with E-state index in [0.29, 0.717) is 0 Å². The molecule has 2 rings (SSSR count). The number of ether oxygens (including phenoxy) is 2. The number of benzene rings is 2. The Morgan fingerprint density at radius 1 is 1.00 bits per heavy atom. The highest BCUT2D eigenvalue weighted by Gasteiger charge is 2.25. The number of alkyl carbamates (subject to hydrolysis) is 1. The summed E-state index contributed by atoms with van der Waals surface area (Å²) >= 11 is 12.7. The standard InChI is InChI=1S/C24H29Cl2N3O6/c1-24(2,3)35-23(33)28-13-19(30)27-12-18(22(32)34-4)29-21(31)20-16(25)10-15(11-17(20)26)14-8-6-5-7-9-14/h5-11,18,22,32H,12-13H2,1-4H3,(H,27,30)(H,28,33)(H,29,31)/t18-,22?/m0/s1. The molecule has 0 aromatic heterocycles. The number of aliphatic hydroxyl groups is 1. The minimum Gasteiger partial charge on any atom is -0.444 e. The molecule has 2 atom stereocenters. The summed E-state index contributed by atoms with van der Waals surface area (Å²) in [5.41, 5.74) is 0.911. The Morgan fingerprint density at radius 3 is 2.14 bits per heavy atom. The molecule has 0 aliphatic carbocycles. The van der Waals surface area contributed by atoms with Crippen LogP contribution in [0.15, 0.2) is 42.5 Å². The number of halogens is 2. The maximum Gasteiger partial charge on any atom is 0.408 e. The van der Waals surface area contributed by atoms with Crippen molar-refractivity contribution in [2.24, 2.45) is 0 Å². The molecule has 190 valence electrons. The molecular weight excluding hydrogens is 497 g/mol. The average Bonchev–Trinajstić information content (AvgIpc) is 2.78. The number of aliphatic hydroxyl groups excluding tert-OH is 1. The Morgan fingerprint density at radius 2 is 1.60 bits per heavy atom. The summed E-state index contributed by atoms with van der Waals surface area (Å²) in [5, 5.41) is 17.8. The molecule has 0 aliphatic rings. The largest absolute Gasteiger partial charge is 0.444 e. The van der Waals surface area contributed by atoms with Gasteiger partial charge in [0, 0.05) is 13.7 Å². The van der Waals surface area contributed by atoms with Gasteiger partial charge in [0.05, 0.1) is 28.2 Å². The second-order valence-corrected chi connectivity index (χ2v) is 9.36. The van der Waals surface area contributed by atoms with Crippen molar-refractivity contribution >= 4 is 41.1 Å². The van der Waals surface area contributed by atoms with Crippen LogP contribution in [0.4, 0.5) is 4.79 Å². The Kier molecular flexibility index (Phi) is 10.3. The average molecular weight is 526 g/mol. The van der Waals surface area contributed by atoms with Crippen molar-refractivity contribution in [2.75, 3.05) is 20.2 Å². The Hall–Kier alpha value is -2.85. The molecule has 0 radical (unpaired) electrons. The topological polar surface area (TPSA) is 126 Å². The third-order valence-corrected chi connectivity index (χ3v) is 5.19. The first-order valence-electron chi connectivity index (χ1n) is 10.7. The molecule has 4 N–H and O–H groups in total. The van der Waals surface area contributed by atoms with E-state index in [1.54, 1.807) is 32.9 Å². The normalized spacial score (nSPS) is 12.9. The highest BCUT2D eigenvalue weighted by molar-refractivity contribution is 6.40. The molecule has 0 aliphatic heterocycles. The second-order valence-electron chi connectivity index (χ2n) is 8.55. The zero-order valence-corrected chi connectivity index (χ0v) is 21.4. The molecule has 0 saturated heterocycles. The first-order chi connectivity index (χ1) is 16.4. The highest BCUT2D eigenvalue weighted by Crippen LogP contribution is 2.31. The van der Waals surface area contributed by atoms with Gasteiger partial charge in [-0.2, -0.15) is 0 Å². The lowest BCUT2D eigenvalue weighted by Gasteiger charge is -2.24. The monoisotopic (exact) mass is 525 g/mol. The van der Waals surface area contributed by atoms with Crippen LogP contribution in [0.2, 0.25) is 10.0 Å². The maximum atomic E-state index is 12.9. The van der Waals surface area contributed by atoms with Crippen molar-refractivity contribution in [3.63, 3.8) is 0 Å². The molecule has 2 aromatic carbocycles. The molecule has 11 heteroatoms. The van der Waals surface area contributed by atoms with Crippen LogP contribution in [0.5, 0.6) is 0 Å². The van der Waals surface area contributed by atoms with Gasteiger partial charge in [0.15, 0.2) is 6.29 Å². The van der Waals surface area contributed by atoms with Crippen molar-refractivity contribution in [1.82, 2.24) is 16.0 Å². The summed E-state index contributed by atoms with van der Waals surface area (Å²) in [6.45, 7) is 4.52. The van der Waals surface area contributed by atoms with Crippen molar-refractivity contribution in [1.29, 1.82) is 0 Å². The van der Waals surface area contributed by atoms with E-state index in [1.165, 1.54) is 7.11 Å². The zero-order valence-electron chi connectivity index (χ0n) is 19.9. The van der Waals surface area contributed by atoms with Crippen LogP contribution in [0.1, 0.15) is 31.1 Å². The lowest BCUT2D eigenvalue weighted by Crippen LogP contribution is -2.52. The summed E-state index contributed by atoms with van der Waals surface area (Å²) in [5.74, 6) is -1.23. The predicted octanol–water partition coefficient (Wildman–Crippen LogP) is 3.36. The van der Waals surface area contributed by atoms with Gasteiger partial charge in [0.1, 0.15) is 5.60 Å². The molecule has 0 fully saturated rings. The smallest absolute Gasteiger partial charge is 0.408 e. The first-order valence-corrected chi connectivity index (χ1v) is 11.5. The van der Waals surface area contributed by atoms with Crippen molar-refractivity contribution in [2.45, 2.75) is 38.7 Å². The fourth-order valence-corrected chi connectivity index (χ4v) is 3.63. The number of nitrogens with one attached hydrogen (secondary N) is 3. The van der Waals surface area contributed by atoms with E-state index in [1.807, 2.05) is 30.3 Å². The van der Waals surface area contributed by atoms with E-state index in [9.17, 15) is 19.5 Å². The van der Waals surface area contributed by atoms with Crippen LogP contribution < -0.4 is 16.0 Å². The number of rotatable bonds is 9. The summed E-state index contributed by atoms with van der Waals surface area (Å²) < 4.78 is 9.96. The lowest BCUT2D eigenvalue weighted by molar-refractivity contribution is -0.122. The van der Waals surface area contributed by atoms with Crippen molar-refractivity contribution in [3.8, 4) is 11.1 Å². The number of amides is 3. The minimum atomic E-state index is -1.45. The van der Waals surface area contributed by atoms with Gasteiger partial charge in [-0.15, -0.1) is 0 Å². The Bertz CT molecular complexity index is 1020. The fourth-order valence-electron chi connectivity index (χ4n) is 2.97. The van der Waals surface area contributed by atoms with Crippen molar-refractivity contribution < 1.29 is 29.0 Å². The van der Waals surface area contributed by atoms with Crippen LogP contribution in [0, 0.1) is 0 Å². The molecular formula is C24H29Cl2N3O6. The summed E-state index contributed by atoms with van der Waals surface area (Å²) in [7, 11) is 1.24. The predicted molar refractivity (Wildman–Crippen MR) is 133 cm³/mol. The molecule has 2 aromatic rings. The molecule has 0 saturated carbocycles. The first kappa shape index (κ1) is 28.4. The Labute approximate surface area is 214 Å². The molecule has 0 spiro atoms. The molecule has 35 heavy (non-hydrogen) atoms. The van der Waals surface area contributed by atoms with Gasteiger partial charge in [0.2, 0.25) is 5.91 Å². The molecule has 1 unspecified atom stereocenters. The van der Waals surface area contributed by atoms with E-state index in [0.717, 1.165) is 11.1 Å². The van der Waals surface area contributed by atoms with Gasteiger partial charge in [-0.05, 0) is 44.0 Å². The van der Waals surface area contributed by atoms with Gasteiger partial charge in [-0.25, -0.2) is 4.79 Å². The number of hydrogen-bond acceptors (Lipinski definition) is 6. The summed E-state index contributed by atoms with van der Waals surface area (Å²) in [6, 6.07) is 11.6. The summed E-state index contributed by atoms with van der Waals surface area (Å²) in [6.07, 6.45) is -2.20. The van der Waals surface area contributed by atoms with Crippen molar-refractivity contribution in [3.05, 3.63) is 58.1 Å². The van der Waals surface area contributed by atoms with Gasteiger partial charge >= 0.3 is 6.09 Å². The number of carbonyl (C=O) groups excluding carboxylic acids is 3. The molecule has 3 amide bonds. The zero-order chi connectivity index (χ0) is 26.2. The number of methoxy groups -OCH3 is 1. The van der Waals surface area contributed by atoms with Crippen LogP contribution in [0.25, 0.3) is 11.1 Å². The molecule has 0 bridgehead atoms. The fraction of sp³-hybridized carbons (Fsp3) is 0.375. The molecule has 9 nitrogen and oxygen atoms in total. The van der Waals surface area contributed by atoms with E-state index < -0.39 is 35.8 Å². The van der Waals surface area contributed by atoms with E-state index in [-0.39, 0.29) is 28.7 Å². The number of carbonyl (C=O) groups is 3. The third-order valence-electron chi connectivity index (χ3n) is 4.59. The minimum absolute atomic E-state index is 0.0132. The van der Waals surface area contributed by atoms with Gasteiger partial charge < -0.3 is 30.5 Å². The van der Waals surface area contributed by atoms with E-state index in [4.69, 9.17) is 32.7 Å².